The number of nitrogens with one attached hydrogen (secondary N) is 1. The molecule has 9 nitrogen and oxygen atoms in total. The summed E-state index contributed by atoms with van der Waals surface area (Å²) in [7, 11) is 1.64. The zero-order chi connectivity index (χ0) is 21.6. The van der Waals surface area contributed by atoms with Crippen LogP contribution in [0.1, 0.15) is 5.56 Å². The van der Waals surface area contributed by atoms with E-state index >= 15 is 0 Å². The molecular formula is C20H24N4O5S. The predicted molar refractivity (Wildman–Crippen MR) is 112 cm³/mol. The maximum absolute atomic E-state index is 13.4. The summed E-state index contributed by atoms with van der Waals surface area (Å²) >= 11 is 1.57. The number of carboxylic acid groups (broad SMARTS) is 1. The molecule has 10 heteroatoms. The molecule has 0 radical (unpaired) electrons. The van der Waals surface area contributed by atoms with Crippen molar-refractivity contribution in [2.45, 2.75) is 6.42 Å². The number of carbonyl (C=O) groups excluding carboxylic acids is 2. The average molecular weight is 433 g/mol. The molecule has 2 aliphatic heterocycles. The van der Waals surface area contributed by atoms with Gasteiger partial charge in [-0.05, 0) is 24.1 Å². The molecule has 0 atom stereocenters. The van der Waals surface area contributed by atoms with E-state index in [2.05, 4.69) is 15.2 Å². The Morgan fingerprint density at radius 2 is 2.20 bits per heavy atom. The summed E-state index contributed by atoms with van der Waals surface area (Å²) in [6.45, 7) is 2.16. The molecule has 0 saturated carbocycles. The molecule has 2 saturated heterocycles. The van der Waals surface area contributed by atoms with E-state index in [1.807, 2.05) is 29.6 Å². The highest BCUT2D eigenvalue weighted by Gasteiger charge is 2.52. The summed E-state index contributed by atoms with van der Waals surface area (Å²) in [5.41, 5.74) is 0.512. The molecule has 4 rings (SSSR count). The topological polar surface area (TPSA) is 112 Å². The lowest BCUT2D eigenvalue weighted by molar-refractivity contribution is -0.148. The molecule has 0 spiro atoms. The van der Waals surface area contributed by atoms with Gasteiger partial charge in [0.25, 0.3) is 6.47 Å². The van der Waals surface area contributed by atoms with Gasteiger partial charge in [-0.15, -0.1) is 11.3 Å². The van der Waals surface area contributed by atoms with E-state index in [4.69, 9.17) is 14.6 Å². The summed E-state index contributed by atoms with van der Waals surface area (Å²) in [5.74, 6) is 0.735. The molecule has 2 aliphatic rings. The van der Waals surface area contributed by atoms with Crippen LogP contribution in [0.3, 0.4) is 0 Å². The van der Waals surface area contributed by atoms with Crippen LogP contribution in [0.15, 0.2) is 35.8 Å². The van der Waals surface area contributed by atoms with Gasteiger partial charge < -0.3 is 25.0 Å². The van der Waals surface area contributed by atoms with Gasteiger partial charge in [-0.2, -0.15) is 0 Å². The first-order valence-electron chi connectivity index (χ1n) is 9.42. The number of piperazine rings is 1. The highest BCUT2D eigenvalue weighted by atomic mass is 32.1. The third kappa shape index (κ3) is 4.70. The Labute approximate surface area is 178 Å². The van der Waals surface area contributed by atoms with Gasteiger partial charge in [0.2, 0.25) is 11.8 Å². The highest BCUT2D eigenvalue weighted by molar-refractivity contribution is 7.13. The van der Waals surface area contributed by atoms with Gasteiger partial charge in [0.1, 0.15) is 5.75 Å². The minimum atomic E-state index is -0.546. The fourth-order valence-electron chi connectivity index (χ4n) is 3.83. The molecule has 2 aromatic rings. The smallest absolute Gasteiger partial charge is 0.290 e. The number of amides is 2. The van der Waals surface area contributed by atoms with Crippen LogP contribution in [-0.2, 0) is 20.8 Å². The maximum atomic E-state index is 13.4. The van der Waals surface area contributed by atoms with E-state index in [0.29, 0.717) is 32.6 Å². The first kappa shape index (κ1) is 21.6. The number of benzene rings is 1. The van der Waals surface area contributed by atoms with E-state index in [9.17, 15) is 9.59 Å². The monoisotopic (exact) mass is 432 g/mol. The Morgan fingerprint density at radius 1 is 1.43 bits per heavy atom. The number of thiazole rings is 1. The van der Waals surface area contributed by atoms with E-state index in [1.165, 1.54) is 0 Å². The van der Waals surface area contributed by atoms with Crippen molar-refractivity contribution in [2.75, 3.05) is 44.7 Å². The second-order valence-electron chi connectivity index (χ2n) is 7.16. The first-order chi connectivity index (χ1) is 14.5. The van der Waals surface area contributed by atoms with Crippen molar-refractivity contribution in [3.63, 3.8) is 0 Å². The molecule has 0 aliphatic carbocycles. The van der Waals surface area contributed by atoms with E-state index in [-0.39, 0.29) is 24.8 Å². The average Bonchev–Trinajstić information content (AvgIpc) is 3.25. The number of nitrogens with zero attached hydrogens (tertiary/aromatic N) is 3. The standard InChI is InChI=1S/C19H22N4O3S.CH2O2/c1-26-15-4-2-3-14(9-15)10-19(12-23(13-19)18-21-6-8-27-18)17(25)22-7-5-20-16(24)11-22;2-1-3/h2-4,6,8-9H,5,7,10-13H2,1H3,(H,20,24);1H,(H,2,3). The lowest BCUT2D eigenvalue weighted by Crippen LogP contribution is -2.66. The minimum absolute atomic E-state index is 0.0491. The van der Waals surface area contributed by atoms with Gasteiger partial charge in [0.15, 0.2) is 5.13 Å². The molecule has 1 aromatic carbocycles. The Balaban J connectivity index is 0.000000806. The zero-order valence-corrected chi connectivity index (χ0v) is 17.4. The highest BCUT2D eigenvalue weighted by Crippen LogP contribution is 2.40. The van der Waals surface area contributed by atoms with Crippen LogP contribution in [0.4, 0.5) is 5.13 Å². The fraction of sp³-hybridized carbons (Fsp3) is 0.400. The molecular weight excluding hydrogens is 408 g/mol. The van der Waals surface area contributed by atoms with Gasteiger partial charge in [-0.25, -0.2) is 4.98 Å². The summed E-state index contributed by atoms with van der Waals surface area (Å²) in [5, 5.41) is 12.5. The van der Waals surface area contributed by atoms with Crippen LogP contribution in [0.25, 0.3) is 0 Å². The van der Waals surface area contributed by atoms with Crippen molar-refractivity contribution in [1.82, 2.24) is 15.2 Å². The van der Waals surface area contributed by atoms with Crippen molar-refractivity contribution in [3.8, 4) is 5.75 Å². The van der Waals surface area contributed by atoms with Gasteiger partial charge >= 0.3 is 0 Å². The number of rotatable bonds is 5. The molecule has 0 bridgehead atoms. The van der Waals surface area contributed by atoms with Crippen LogP contribution in [0.2, 0.25) is 0 Å². The molecule has 1 aromatic heterocycles. The number of methoxy groups -OCH3 is 1. The third-order valence-electron chi connectivity index (χ3n) is 5.13. The second kappa shape index (κ2) is 9.57. The van der Waals surface area contributed by atoms with E-state index < -0.39 is 5.41 Å². The quantitative estimate of drug-likeness (QED) is 0.674. The number of hydrogen-bond acceptors (Lipinski definition) is 7. The Bertz CT molecular complexity index is 883. The Hall–Kier alpha value is -3.14. The SMILES string of the molecule is COc1cccc(CC2(C(=O)N3CCNC(=O)C3)CN(c3nccs3)C2)c1.O=CO. The number of carbonyl (C=O) groups is 3. The van der Waals surface area contributed by atoms with Crippen molar-refractivity contribution in [2.24, 2.45) is 5.41 Å². The number of hydrogen-bond donors (Lipinski definition) is 2. The number of aromatic nitrogens is 1. The molecule has 0 unspecified atom stereocenters. The normalized spacial score (nSPS) is 17.2. The molecule has 30 heavy (non-hydrogen) atoms. The van der Waals surface area contributed by atoms with E-state index in [0.717, 1.165) is 16.4 Å². The van der Waals surface area contributed by atoms with Crippen LogP contribution in [-0.4, -0.2) is 73.1 Å². The summed E-state index contributed by atoms with van der Waals surface area (Å²) < 4.78 is 5.32. The van der Waals surface area contributed by atoms with Crippen LogP contribution < -0.4 is 15.0 Å². The van der Waals surface area contributed by atoms with Gasteiger partial charge in [0.05, 0.1) is 19.1 Å². The second-order valence-corrected chi connectivity index (χ2v) is 8.03. The minimum Gasteiger partial charge on any atom is -0.497 e. The van der Waals surface area contributed by atoms with Gasteiger partial charge in [0, 0.05) is 37.8 Å². The Morgan fingerprint density at radius 3 is 2.83 bits per heavy atom. The molecule has 2 N–H and O–H groups in total. The first-order valence-corrected chi connectivity index (χ1v) is 10.3. The van der Waals surface area contributed by atoms with Gasteiger partial charge in [-0.3, -0.25) is 14.4 Å². The summed E-state index contributed by atoms with van der Waals surface area (Å²) in [6.07, 6.45) is 2.39. The van der Waals surface area contributed by atoms with Crippen molar-refractivity contribution < 1.29 is 24.2 Å². The molecule has 2 amide bonds. The van der Waals surface area contributed by atoms with Crippen molar-refractivity contribution >= 4 is 34.8 Å². The van der Waals surface area contributed by atoms with Crippen LogP contribution in [0, 0.1) is 5.41 Å². The lowest BCUT2D eigenvalue weighted by Gasteiger charge is -2.51. The van der Waals surface area contributed by atoms with Crippen LogP contribution in [0.5, 0.6) is 5.75 Å². The molecule has 160 valence electrons. The van der Waals surface area contributed by atoms with Crippen molar-refractivity contribution in [1.29, 1.82) is 0 Å². The van der Waals surface area contributed by atoms with Crippen LogP contribution >= 0.6 is 11.3 Å². The Kier molecular flexibility index (Phi) is 6.88. The van der Waals surface area contributed by atoms with Gasteiger partial charge in [-0.1, -0.05) is 12.1 Å². The summed E-state index contributed by atoms with van der Waals surface area (Å²) in [6, 6.07) is 7.84. The number of anilines is 1. The predicted octanol–water partition coefficient (Wildman–Crippen LogP) is 0.860. The lowest BCUT2D eigenvalue weighted by atomic mass is 9.73. The molecule has 2 fully saturated rings. The number of ether oxygens (including phenoxy) is 1. The zero-order valence-electron chi connectivity index (χ0n) is 16.6. The summed E-state index contributed by atoms with van der Waals surface area (Å²) in [4.78, 5) is 41.7. The maximum Gasteiger partial charge on any atom is 0.290 e. The molecule has 3 heterocycles. The van der Waals surface area contributed by atoms with E-state index in [1.54, 1.807) is 29.5 Å². The fourth-order valence-corrected chi connectivity index (χ4v) is 4.48. The van der Waals surface area contributed by atoms with Crippen molar-refractivity contribution in [3.05, 3.63) is 41.4 Å². The largest absolute Gasteiger partial charge is 0.497 e. The third-order valence-corrected chi connectivity index (χ3v) is 5.96.